The van der Waals surface area contributed by atoms with E-state index in [0.29, 0.717) is 17.4 Å². The highest BCUT2D eigenvalue weighted by molar-refractivity contribution is 7.45. The van der Waals surface area contributed by atoms with E-state index >= 15 is 0 Å². The number of hydrogen-bond donors (Lipinski definition) is 2. The lowest BCUT2D eigenvalue weighted by atomic mass is 10.0. The number of phosphoric ester groups is 1. The smallest absolute Gasteiger partial charge is 0.268 e. The summed E-state index contributed by atoms with van der Waals surface area (Å²) >= 11 is 0. The highest BCUT2D eigenvalue weighted by atomic mass is 31.2. The molecule has 0 aliphatic carbocycles. The van der Waals surface area contributed by atoms with Crippen molar-refractivity contribution in [1.82, 2.24) is 5.32 Å². The van der Waals surface area contributed by atoms with Crippen LogP contribution in [-0.2, 0) is 18.4 Å². The fourth-order valence-corrected chi connectivity index (χ4v) is 8.28. The maximum absolute atomic E-state index is 12.9. The van der Waals surface area contributed by atoms with Gasteiger partial charge in [-0.25, -0.2) is 0 Å². The van der Waals surface area contributed by atoms with Gasteiger partial charge in [0.2, 0.25) is 5.91 Å². The van der Waals surface area contributed by atoms with Gasteiger partial charge in [-0.2, -0.15) is 0 Å². The zero-order valence-electron chi connectivity index (χ0n) is 40.4. The van der Waals surface area contributed by atoms with E-state index in [1.165, 1.54) is 186 Å². The summed E-state index contributed by atoms with van der Waals surface area (Å²) in [6.07, 6.45) is 52.6. The molecule has 0 bridgehead atoms. The van der Waals surface area contributed by atoms with Crippen LogP contribution in [-0.4, -0.2) is 68.5 Å². The Morgan fingerprint density at radius 3 is 1.30 bits per heavy atom. The van der Waals surface area contributed by atoms with Gasteiger partial charge in [0.25, 0.3) is 7.82 Å². The molecule has 0 aliphatic heterocycles. The minimum Gasteiger partial charge on any atom is -0.756 e. The molecule has 0 fully saturated rings. The van der Waals surface area contributed by atoms with Crippen LogP contribution in [0.3, 0.4) is 0 Å². The van der Waals surface area contributed by atoms with Crippen molar-refractivity contribution in [2.24, 2.45) is 0 Å². The van der Waals surface area contributed by atoms with Crippen molar-refractivity contribution in [2.75, 3.05) is 40.9 Å². The van der Waals surface area contributed by atoms with Gasteiger partial charge in [0.15, 0.2) is 0 Å². The molecule has 0 aliphatic rings. The summed E-state index contributed by atoms with van der Waals surface area (Å²) in [7, 11) is 1.27. The Hall–Kier alpha value is -1.02. The Morgan fingerprint density at radius 2 is 0.917 bits per heavy atom. The van der Waals surface area contributed by atoms with Gasteiger partial charge in [-0.05, 0) is 44.9 Å². The summed E-state index contributed by atoms with van der Waals surface area (Å²) in [5, 5.41) is 13.7. The van der Waals surface area contributed by atoms with Crippen LogP contribution in [0.2, 0.25) is 0 Å². The third kappa shape index (κ3) is 45.0. The van der Waals surface area contributed by atoms with E-state index in [4.69, 9.17) is 9.05 Å². The number of carbonyl (C=O) groups is 1. The predicted octanol–water partition coefficient (Wildman–Crippen LogP) is 14.2. The van der Waals surface area contributed by atoms with Crippen molar-refractivity contribution < 1.29 is 32.9 Å². The van der Waals surface area contributed by atoms with Gasteiger partial charge in [0.05, 0.1) is 39.9 Å². The third-order valence-electron chi connectivity index (χ3n) is 11.7. The number of hydrogen-bond acceptors (Lipinski definition) is 6. The second-order valence-electron chi connectivity index (χ2n) is 18.9. The Bertz CT molecular complexity index is 1030. The fourth-order valence-electron chi connectivity index (χ4n) is 7.56. The van der Waals surface area contributed by atoms with Crippen LogP contribution in [0.4, 0.5) is 0 Å². The van der Waals surface area contributed by atoms with Gasteiger partial charge in [0, 0.05) is 6.42 Å². The van der Waals surface area contributed by atoms with Gasteiger partial charge in [-0.1, -0.05) is 218 Å². The number of rotatable bonds is 47. The van der Waals surface area contributed by atoms with E-state index in [1.54, 1.807) is 6.08 Å². The monoisotopic (exact) mass is 869 g/mol. The Balaban J connectivity index is 3.99. The average Bonchev–Trinajstić information content (AvgIpc) is 3.20. The quantitative estimate of drug-likeness (QED) is 0.0273. The van der Waals surface area contributed by atoms with Gasteiger partial charge in [-0.15, -0.1) is 0 Å². The average molecular weight is 869 g/mol. The highest BCUT2D eigenvalue weighted by Crippen LogP contribution is 2.38. The first-order valence-electron chi connectivity index (χ1n) is 25.7. The lowest BCUT2D eigenvalue weighted by Gasteiger charge is -2.29. The lowest BCUT2D eigenvalue weighted by Crippen LogP contribution is -2.45. The molecule has 0 aromatic heterocycles. The topological polar surface area (TPSA) is 108 Å². The summed E-state index contributed by atoms with van der Waals surface area (Å²) in [4.78, 5) is 25.3. The van der Waals surface area contributed by atoms with Crippen LogP contribution < -0.4 is 10.2 Å². The number of nitrogens with one attached hydrogen (secondary N) is 1. The molecule has 0 spiro atoms. The number of quaternary nitrogens is 1. The number of allylic oxidation sites excluding steroid dienone is 3. The molecule has 0 rings (SSSR count). The summed E-state index contributed by atoms with van der Waals surface area (Å²) < 4.78 is 23.2. The van der Waals surface area contributed by atoms with Gasteiger partial charge >= 0.3 is 0 Å². The molecule has 356 valence electrons. The molecule has 2 N–H and O–H groups in total. The van der Waals surface area contributed by atoms with Crippen LogP contribution >= 0.6 is 7.82 Å². The van der Waals surface area contributed by atoms with E-state index in [9.17, 15) is 19.4 Å². The molecule has 9 heteroatoms. The second-order valence-corrected chi connectivity index (χ2v) is 20.3. The number of phosphoric acid groups is 1. The molecule has 0 saturated heterocycles. The molecule has 3 atom stereocenters. The molecule has 8 nitrogen and oxygen atoms in total. The van der Waals surface area contributed by atoms with E-state index in [-0.39, 0.29) is 19.1 Å². The Morgan fingerprint density at radius 1 is 0.567 bits per heavy atom. The Labute approximate surface area is 373 Å². The molecule has 1 amide bonds. The largest absolute Gasteiger partial charge is 0.756 e. The third-order valence-corrected chi connectivity index (χ3v) is 12.6. The van der Waals surface area contributed by atoms with Gasteiger partial charge < -0.3 is 28.8 Å². The number of aliphatic hydroxyl groups is 1. The summed E-state index contributed by atoms with van der Waals surface area (Å²) in [6.45, 7) is 4.63. The maximum atomic E-state index is 12.9. The van der Waals surface area contributed by atoms with Crippen molar-refractivity contribution in [3.8, 4) is 0 Å². The predicted molar refractivity (Wildman–Crippen MR) is 256 cm³/mol. The van der Waals surface area contributed by atoms with E-state index in [1.807, 2.05) is 27.2 Å². The molecule has 3 unspecified atom stereocenters. The number of likely N-dealkylation sites (N-methyl/N-ethyl adjacent to an activating group) is 1. The van der Waals surface area contributed by atoms with Crippen molar-refractivity contribution >= 4 is 13.7 Å². The Kier molecular flexibility index (Phi) is 42.5. The molecule has 0 aromatic carbocycles. The first-order chi connectivity index (χ1) is 29.0. The normalized spacial score (nSPS) is 14.3. The molecular weight excluding hydrogens is 768 g/mol. The minimum atomic E-state index is -4.58. The SMILES string of the molecule is CCCCCCCCC/C=C/C(O)C(COP(=O)([O-])OCC[N+](C)(C)C)NC(=O)CCCCCCCCCCCCCCCCCCC/C=C\CCCCCCCCCC. The molecular formula is C51H101N2O6P. The summed E-state index contributed by atoms with van der Waals surface area (Å²) in [5.74, 6) is -0.197. The fraction of sp³-hybridized carbons (Fsp3) is 0.902. The maximum Gasteiger partial charge on any atom is 0.268 e. The second kappa shape index (κ2) is 43.2. The van der Waals surface area contributed by atoms with Crippen molar-refractivity contribution in [1.29, 1.82) is 0 Å². The van der Waals surface area contributed by atoms with Crippen LogP contribution in [0.25, 0.3) is 0 Å². The van der Waals surface area contributed by atoms with Crippen molar-refractivity contribution in [3.05, 3.63) is 24.3 Å². The first kappa shape index (κ1) is 59.0. The summed E-state index contributed by atoms with van der Waals surface area (Å²) in [5.41, 5.74) is 0. The molecule has 0 saturated carbocycles. The van der Waals surface area contributed by atoms with Crippen LogP contribution in [0, 0.1) is 0 Å². The van der Waals surface area contributed by atoms with Gasteiger partial charge in [0.1, 0.15) is 13.2 Å². The minimum absolute atomic E-state index is 0.000626. The van der Waals surface area contributed by atoms with E-state index in [0.717, 1.165) is 38.5 Å². The first-order valence-corrected chi connectivity index (χ1v) is 27.2. The lowest BCUT2D eigenvalue weighted by molar-refractivity contribution is -0.870. The van der Waals surface area contributed by atoms with E-state index in [2.05, 4.69) is 31.3 Å². The molecule has 0 heterocycles. The number of amides is 1. The van der Waals surface area contributed by atoms with E-state index < -0.39 is 20.0 Å². The number of aliphatic hydroxyl groups excluding tert-OH is 1. The van der Waals surface area contributed by atoms with Crippen molar-refractivity contribution in [3.63, 3.8) is 0 Å². The summed E-state index contributed by atoms with van der Waals surface area (Å²) in [6, 6.07) is -0.881. The molecule has 60 heavy (non-hydrogen) atoms. The zero-order chi connectivity index (χ0) is 44.3. The molecule has 0 aromatic rings. The highest BCUT2D eigenvalue weighted by Gasteiger charge is 2.23. The molecule has 0 radical (unpaired) electrons. The van der Waals surface area contributed by atoms with Crippen LogP contribution in [0.1, 0.15) is 245 Å². The zero-order valence-corrected chi connectivity index (χ0v) is 41.3. The van der Waals surface area contributed by atoms with Crippen LogP contribution in [0.5, 0.6) is 0 Å². The number of unbranched alkanes of at least 4 members (excludes halogenated alkanes) is 32. The van der Waals surface area contributed by atoms with Crippen LogP contribution in [0.15, 0.2) is 24.3 Å². The number of nitrogens with zero attached hydrogens (tertiary/aromatic N) is 1. The van der Waals surface area contributed by atoms with Crippen molar-refractivity contribution in [2.45, 2.75) is 257 Å². The number of carbonyl (C=O) groups excluding carboxylic acids is 1. The van der Waals surface area contributed by atoms with Gasteiger partial charge in [-0.3, -0.25) is 9.36 Å². The standard InChI is InChI=1S/C51H101N2O6P/c1-6-8-10-12-14-16-17-18-19-20-21-22-23-24-25-26-27-28-29-30-31-32-33-34-35-37-39-41-43-45-51(55)52-49(48-59-60(56,57)58-47-46-53(3,4)5)50(54)44-42-40-38-36-15-13-11-9-7-2/h20-21,42,44,49-50,54H,6-19,22-41,43,45-48H2,1-5H3,(H-,52,55,56,57)/b21-20-,44-42+.